The van der Waals surface area contributed by atoms with Gasteiger partial charge in [-0.05, 0) is 12.8 Å². The van der Waals surface area contributed by atoms with Crippen molar-refractivity contribution in [3.05, 3.63) is 12.4 Å². The molecule has 2 heterocycles. The molecule has 1 amide bonds. The van der Waals surface area contributed by atoms with Crippen molar-refractivity contribution in [2.75, 3.05) is 6.54 Å². The second kappa shape index (κ2) is 5.82. The van der Waals surface area contributed by atoms with Crippen molar-refractivity contribution in [2.24, 2.45) is 5.73 Å². The molecule has 1 aromatic rings. The van der Waals surface area contributed by atoms with Gasteiger partial charge in [0.15, 0.2) is 0 Å². The fraction of sp³-hybridized carbons (Fsp3) is 0.545. The van der Waals surface area contributed by atoms with Crippen LogP contribution in [-0.2, 0) is 26.2 Å². The summed E-state index contributed by atoms with van der Waals surface area (Å²) in [4.78, 5) is 21.9. The minimum atomic E-state index is -3.91. The first-order valence-corrected chi connectivity index (χ1v) is 7.82. The van der Waals surface area contributed by atoms with Crippen molar-refractivity contribution in [3.8, 4) is 0 Å². The van der Waals surface area contributed by atoms with Crippen molar-refractivity contribution >= 4 is 21.9 Å². The third kappa shape index (κ3) is 3.22. The van der Waals surface area contributed by atoms with Gasteiger partial charge in [0.25, 0.3) is 0 Å². The fourth-order valence-electron chi connectivity index (χ4n) is 2.32. The summed E-state index contributed by atoms with van der Waals surface area (Å²) >= 11 is 0. The molecule has 0 bridgehead atoms. The Hall–Kier alpha value is -1.94. The number of carboxylic acid groups (broad SMARTS) is 1. The SMILES string of the molecule is NC(=O)C1CCCCN1S(=O)(=O)c1cnn(CC(=O)O)c1. The molecule has 0 saturated carbocycles. The van der Waals surface area contributed by atoms with E-state index in [0.717, 1.165) is 27.8 Å². The molecule has 1 aliphatic rings. The minimum Gasteiger partial charge on any atom is -0.480 e. The number of nitrogens with zero attached hydrogens (tertiary/aromatic N) is 3. The largest absolute Gasteiger partial charge is 0.480 e. The van der Waals surface area contributed by atoms with Gasteiger partial charge in [-0.15, -0.1) is 0 Å². The van der Waals surface area contributed by atoms with Gasteiger partial charge in [0.2, 0.25) is 15.9 Å². The van der Waals surface area contributed by atoms with Crippen LogP contribution in [0.4, 0.5) is 0 Å². The molecule has 2 rings (SSSR count). The summed E-state index contributed by atoms with van der Waals surface area (Å²) in [5, 5.41) is 12.4. The van der Waals surface area contributed by atoms with Crippen LogP contribution >= 0.6 is 0 Å². The Morgan fingerprint density at radius 3 is 2.76 bits per heavy atom. The maximum Gasteiger partial charge on any atom is 0.325 e. The van der Waals surface area contributed by atoms with Gasteiger partial charge in [-0.25, -0.2) is 8.42 Å². The molecule has 3 N–H and O–H groups in total. The highest BCUT2D eigenvalue weighted by Gasteiger charge is 2.37. The van der Waals surface area contributed by atoms with Gasteiger partial charge < -0.3 is 10.8 Å². The number of hydrogen-bond donors (Lipinski definition) is 2. The number of aliphatic carboxylic acids is 1. The molecular formula is C11H16N4O5S. The number of nitrogens with two attached hydrogens (primary N) is 1. The Kier molecular flexibility index (Phi) is 4.28. The van der Waals surface area contributed by atoms with E-state index in [4.69, 9.17) is 10.8 Å². The molecule has 1 unspecified atom stereocenters. The maximum atomic E-state index is 12.5. The zero-order chi connectivity index (χ0) is 15.6. The van der Waals surface area contributed by atoms with Crippen molar-refractivity contribution in [2.45, 2.75) is 36.7 Å². The Labute approximate surface area is 121 Å². The number of rotatable bonds is 5. The maximum absolute atomic E-state index is 12.5. The predicted octanol–water partition coefficient (Wildman–Crippen LogP) is -1.00. The minimum absolute atomic E-state index is 0.142. The number of amides is 1. The monoisotopic (exact) mass is 316 g/mol. The topological polar surface area (TPSA) is 136 Å². The van der Waals surface area contributed by atoms with E-state index in [2.05, 4.69) is 5.10 Å². The van der Waals surface area contributed by atoms with Crippen LogP contribution in [0.5, 0.6) is 0 Å². The van der Waals surface area contributed by atoms with E-state index in [1.165, 1.54) is 0 Å². The number of primary amides is 1. The van der Waals surface area contributed by atoms with Crippen molar-refractivity contribution in [3.63, 3.8) is 0 Å². The molecule has 0 aromatic carbocycles. The molecule has 0 aliphatic carbocycles. The normalized spacial score (nSPS) is 20.3. The van der Waals surface area contributed by atoms with Gasteiger partial charge in [0.1, 0.15) is 17.5 Å². The third-order valence-corrected chi connectivity index (χ3v) is 5.16. The van der Waals surface area contributed by atoms with Gasteiger partial charge in [0, 0.05) is 12.7 Å². The Morgan fingerprint density at radius 1 is 1.43 bits per heavy atom. The van der Waals surface area contributed by atoms with E-state index in [1.54, 1.807) is 0 Å². The van der Waals surface area contributed by atoms with Gasteiger partial charge in [-0.3, -0.25) is 14.3 Å². The van der Waals surface area contributed by atoms with Crippen LogP contribution in [0.2, 0.25) is 0 Å². The standard InChI is InChI=1S/C11H16N4O5S/c12-11(18)9-3-1-2-4-15(9)21(19,20)8-5-13-14(6-8)7-10(16)17/h5-6,9H,1-4,7H2,(H2,12,18)(H,16,17). The molecule has 1 aromatic heterocycles. The van der Waals surface area contributed by atoms with Crippen LogP contribution in [0.1, 0.15) is 19.3 Å². The van der Waals surface area contributed by atoms with Crippen molar-refractivity contribution in [1.29, 1.82) is 0 Å². The van der Waals surface area contributed by atoms with Crippen molar-refractivity contribution < 1.29 is 23.1 Å². The second-order valence-corrected chi connectivity index (χ2v) is 6.69. The molecular weight excluding hydrogens is 300 g/mol. The summed E-state index contributed by atoms with van der Waals surface area (Å²) in [5.41, 5.74) is 5.26. The Bertz CT molecular complexity index is 653. The summed E-state index contributed by atoms with van der Waals surface area (Å²) in [6.07, 6.45) is 3.98. The lowest BCUT2D eigenvalue weighted by Crippen LogP contribution is -2.50. The predicted molar refractivity (Wildman–Crippen MR) is 70.6 cm³/mol. The molecule has 21 heavy (non-hydrogen) atoms. The summed E-state index contributed by atoms with van der Waals surface area (Å²) in [7, 11) is -3.91. The number of carbonyl (C=O) groups is 2. The molecule has 0 radical (unpaired) electrons. The number of carboxylic acids is 1. The lowest BCUT2D eigenvalue weighted by Gasteiger charge is -2.32. The lowest BCUT2D eigenvalue weighted by molar-refractivity contribution is -0.137. The molecule has 1 atom stereocenters. The quantitative estimate of drug-likeness (QED) is 0.715. The van der Waals surface area contributed by atoms with E-state index < -0.39 is 34.5 Å². The summed E-state index contributed by atoms with van der Waals surface area (Å²) in [5.74, 6) is -1.81. The highest BCUT2D eigenvalue weighted by atomic mass is 32.2. The molecule has 1 aliphatic heterocycles. The van der Waals surface area contributed by atoms with Crippen LogP contribution in [0.3, 0.4) is 0 Å². The number of carbonyl (C=O) groups excluding carboxylic acids is 1. The molecule has 1 saturated heterocycles. The molecule has 116 valence electrons. The average molecular weight is 316 g/mol. The smallest absolute Gasteiger partial charge is 0.325 e. The zero-order valence-electron chi connectivity index (χ0n) is 11.2. The van der Waals surface area contributed by atoms with Gasteiger partial charge in [-0.2, -0.15) is 9.40 Å². The summed E-state index contributed by atoms with van der Waals surface area (Å²) in [6, 6.07) is -0.869. The number of hydrogen-bond acceptors (Lipinski definition) is 5. The Morgan fingerprint density at radius 2 is 2.14 bits per heavy atom. The van der Waals surface area contributed by atoms with E-state index in [1.807, 2.05) is 0 Å². The lowest BCUT2D eigenvalue weighted by atomic mass is 10.0. The van der Waals surface area contributed by atoms with E-state index in [9.17, 15) is 18.0 Å². The number of piperidine rings is 1. The van der Waals surface area contributed by atoms with Crippen LogP contribution in [0.15, 0.2) is 17.3 Å². The van der Waals surface area contributed by atoms with Crippen LogP contribution < -0.4 is 5.73 Å². The van der Waals surface area contributed by atoms with Crippen LogP contribution in [0.25, 0.3) is 0 Å². The second-order valence-electron chi connectivity index (χ2n) is 4.80. The van der Waals surface area contributed by atoms with E-state index in [-0.39, 0.29) is 11.4 Å². The molecule has 0 spiro atoms. The molecule has 9 nitrogen and oxygen atoms in total. The highest BCUT2D eigenvalue weighted by Crippen LogP contribution is 2.24. The van der Waals surface area contributed by atoms with Gasteiger partial charge in [0.05, 0.1) is 6.20 Å². The first-order valence-electron chi connectivity index (χ1n) is 6.38. The van der Waals surface area contributed by atoms with Crippen molar-refractivity contribution in [1.82, 2.24) is 14.1 Å². The molecule has 10 heteroatoms. The average Bonchev–Trinajstić information content (AvgIpc) is 2.87. The highest BCUT2D eigenvalue weighted by molar-refractivity contribution is 7.89. The van der Waals surface area contributed by atoms with Crippen LogP contribution in [0, 0.1) is 0 Å². The Balaban J connectivity index is 2.29. The van der Waals surface area contributed by atoms with Crippen LogP contribution in [-0.4, -0.2) is 52.1 Å². The molecule has 1 fully saturated rings. The van der Waals surface area contributed by atoms with E-state index >= 15 is 0 Å². The number of sulfonamides is 1. The fourth-order valence-corrected chi connectivity index (χ4v) is 3.94. The summed E-state index contributed by atoms with van der Waals surface area (Å²) in [6.45, 7) is -0.227. The van der Waals surface area contributed by atoms with E-state index in [0.29, 0.717) is 12.8 Å². The first-order chi connectivity index (χ1) is 9.82. The zero-order valence-corrected chi connectivity index (χ0v) is 12.0. The van der Waals surface area contributed by atoms with Gasteiger partial charge >= 0.3 is 5.97 Å². The number of aromatic nitrogens is 2. The van der Waals surface area contributed by atoms with Gasteiger partial charge in [-0.1, -0.05) is 6.42 Å². The first kappa shape index (κ1) is 15.4. The summed E-state index contributed by atoms with van der Waals surface area (Å²) < 4.78 is 27.1. The third-order valence-electron chi connectivity index (χ3n) is 3.30.